The summed E-state index contributed by atoms with van der Waals surface area (Å²) < 4.78 is 22.6. The van der Waals surface area contributed by atoms with E-state index in [1.54, 1.807) is 80.7 Å². The Morgan fingerprint density at radius 1 is 0.662 bits per heavy atom. The van der Waals surface area contributed by atoms with Crippen LogP contribution in [0.3, 0.4) is 0 Å². The number of carbonyl (C=O) groups is 2. The van der Waals surface area contributed by atoms with Crippen molar-refractivity contribution in [2.45, 2.75) is 170 Å². The van der Waals surface area contributed by atoms with E-state index >= 15 is 0 Å². The maximum atomic E-state index is 12.6. The number of fused-ring (bicyclic) bond motifs is 2. The zero-order chi connectivity index (χ0) is 48.4. The van der Waals surface area contributed by atoms with E-state index in [4.69, 9.17) is 24.7 Å². The molecule has 19 atom stereocenters. The highest BCUT2D eigenvalue weighted by Crippen LogP contribution is 2.38. The van der Waals surface area contributed by atoms with Gasteiger partial charge in [0.05, 0.1) is 61.4 Å². The Morgan fingerprint density at radius 2 is 1.23 bits per heavy atom. The second-order valence-corrected chi connectivity index (χ2v) is 17.2. The normalized spacial score (nSPS) is 45.5. The molecule has 0 radical (unpaired) electrons. The summed E-state index contributed by atoms with van der Waals surface area (Å²) in [4.78, 5) is 25.0. The number of esters is 1. The van der Waals surface area contributed by atoms with Crippen molar-refractivity contribution in [1.29, 1.82) is 0 Å². The molecule has 0 aromatic rings. The second kappa shape index (κ2) is 27.4. The summed E-state index contributed by atoms with van der Waals surface area (Å²) in [7, 11) is 0. The monoisotopic (exact) mass is 925 g/mol. The van der Waals surface area contributed by atoms with Gasteiger partial charge in [-0.2, -0.15) is 0 Å². The van der Waals surface area contributed by atoms with E-state index in [0.717, 1.165) is 0 Å². The molecule has 368 valence electrons. The van der Waals surface area contributed by atoms with Gasteiger partial charge in [0.2, 0.25) is 0 Å². The molecule has 19 heteroatoms. The van der Waals surface area contributed by atoms with Gasteiger partial charge in [0.25, 0.3) is 0 Å². The summed E-state index contributed by atoms with van der Waals surface area (Å²) in [6.45, 7) is 5.19. The lowest BCUT2D eigenvalue weighted by molar-refractivity contribution is -0.316. The van der Waals surface area contributed by atoms with Gasteiger partial charge in [0, 0.05) is 37.5 Å². The molecule has 3 heterocycles. The summed E-state index contributed by atoms with van der Waals surface area (Å²) in [5, 5.41) is 128. The number of cyclic esters (lactones) is 1. The summed E-state index contributed by atoms with van der Waals surface area (Å²) >= 11 is 0. The van der Waals surface area contributed by atoms with Crippen LogP contribution < -0.4 is 5.73 Å². The molecule has 14 N–H and O–H groups in total. The third-order valence-electron chi connectivity index (χ3n) is 11.7. The molecule has 12 unspecified atom stereocenters. The molecule has 2 saturated heterocycles. The number of aliphatic hydroxyl groups is 11. The molecule has 3 rings (SSSR count). The number of rotatable bonds is 3. The first-order valence-corrected chi connectivity index (χ1v) is 22.0. The Kier molecular flexibility index (Phi) is 23.5. The van der Waals surface area contributed by atoms with Crippen LogP contribution >= 0.6 is 0 Å². The molecular weight excluding hydrogens is 854 g/mol. The Bertz CT molecular complexity index is 1670. The van der Waals surface area contributed by atoms with Crippen molar-refractivity contribution in [2.24, 2.45) is 23.5 Å². The molecule has 0 amide bonds. The van der Waals surface area contributed by atoms with Crippen molar-refractivity contribution in [1.82, 2.24) is 0 Å². The lowest BCUT2D eigenvalue weighted by Gasteiger charge is -2.45. The third kappa shape index (κ3) is 18.6. The van der Waals surface area contributed by atoms with Crippen molar-refractivity contribution in [2.75, 3.05) is 0 Å². The molecular formula is C46H71NO18. The maximum Gasteiger partial charge on any atom is 0.311 e. The Morgan fingerprint density at radius 3 is 1.82 bits per heavy atom. The Balaban J connectivity index is 1.86. The van der Waals surface area contributed by atoms with Gasteiger partial charge in [-0.25, -0.2) is 0 Å². The Hall–Kier alpha value is -3.48. The summed E-state index contributed by atoms with van der Waals surface area (Å²) in [5.41, 5.74) is 5.77. The fraction of sp³-hybridized carbons (Fsp3) is 0.652. The molecule has 3 aliphatic rings. The SMILES string of the molecule is C[C@@H]1[C@H](O)[C@@H](C)/C=C/C=C/C=C/C=C/C=C/C=C/C=C/C(OC2OC(N)C(O)C(O)C2O)C[C@@H]2OC(O)(CC(O)CC(O)C(O)CCC(O)CC(O)CC(=O)O[C@H]1C)C[C@H](O)[C@H]2C(=O)O. The first-order valence-electron chi connectivity index (χ1n) is 22.0. The van der Waals surface area contributed by atoms with Crippen LogP contribution in [0.15, 0.2) is 85.1 Å². The van der Waals surface area contributed by atoms with Crippen LogP contribution in [-0.2, 0) is 28.5 Å². The van der Waals surface area contributed by atoms with Crippen molar-refractivity contribution in [3.8, 4) is 0 Å². The van der Waals surface area contributed by atoms with Gasteiger partial charge in [-0.1, -0.05) is 98.9 Å². The van der Waals surface area contributed by atoms with Crippen LogP contribution in [0.2, 0.25) is 0 Å². The average molecular weight is 926 g/mol. The highest BCUT2D eigenvalue weighted by Gasteiger charge is 2.51. The number of carboxylic acids is 1. The van der Waals surface area contributed by atoms with E-state index < -0.39 is 154 Å². The smallest absolute Gasteiger partial charge is 0.311 e. The minimum Gasteiger partial charge on any atom is -0.481 e. The number of ether oxygens (including phenoxy) is 4. The van der Waals surface area contributed by atoms with Crippen molar-refractivity contribution >= 4 is 11.9 Å². The van der Waals surface area contributed by atoms with Gasteiger partial charge in [0.1, 0.15) is 36.6 Å². The first kappa shape index (κ1) is 55.8. The number of hydrogen-bond acceptors (Lipinski definition) is 18. The molecule has 0 aromatic heterocycles. The number of aliphatic hydroxyl groups excluding tert-OH is 10. The quantitative estimate of drug-likeness (QED) is 0.161. The minimum absolute atomic E-state index is 0.121. The molecule has 19 nitrogen and oxygen atoms in total. The van der Waals surface area contributed by atoms with E-state index in [9.17, 15) is 70.9 Å². The molecule has 3 aliphatic heterocycles. The number of carbonyl (C=O) groups excluding carboxylic acids is 1. The zero-order valence-electron chi connectivity index (χ0n) is 37.0. The summed E-state index contributed by atoms with van der Waals surface area (Å²) in [6.07, 6.45) is -0.893. The van der Waals surface area contributed by atoms with E-state index in [0.29, 0.717) is 0 Å². The van der Waals surface area contributed by atoms with Crippen molar-refractivity contribution in [3.05, 3.63) is 85.1 Å². The highest BCUT2D eigenvalue weighted by molar-refractivity contribution is 5.71. The summed E-state index contributed by atoms with van der Waals surface area (Å²) in [6, 6.07) is 0. The number of carboxylic acid groups (broad SMARTS) is 1. The summed E-state index contributed by atoms with van der Waals surface area (Å²) in [5.74, 6) is -6.98. The van der Waals surface area contributed by atoms with E-state index in [1.165, 1.54) is 12.2 Å². The number of aliphatic carboxylic acids is 1. The largest absolute Gasteiger partial charge is 0.481 e. The standard InChI is InChI=1S/C46H71NO18/c1-26-16-14-12-10-8-6-4-5-7-9-11-13-15-17-32(63-45-42(58)40(56)41(57)43(47)64-45)23-36-38(44(59)60)35(53)25-46(61,65-36)24-31(50)21-34(52)33(51)19-18-29(48)20-30(49)22-37(54)62-28(3)27(2)39(26)55/h4-17,26-36,38-43,45,48-53,55-58,61H,18-25,47H2,1-3H3,(H,59,60)/b5-4+,8-6+,9-7+,12-10+,13-11+,16-14+,17-15+/t26-,27-,28-,29?,30?,31?,32?,33?,34?,35-,36-,38+,39+,40?,41?,42?,43?,45?,46?/m0/s1. The fourth-order valence-corrected chi connectivity index (χ4v) is 7.77. The predicted octanol–water partition coefficient (Wildman–Crippen LogP) is -0.358. The van der Waals surface area contributed by atoms with Crippen LogP contribution in [0.5, 0.6) is 0 Å². The van der Waals surface area contributed by atoms with Gasteiger partial charge in [-0.05, 0) is 26.2 Å². The van der Waals surface area contributed by atoms with Gasteiger partial charge in [-0.15, -0.1) is 0 Å². The lowest BCUT2D eigenvalue weighted by Crippen LogP contribution is -2.61. The molecule has 0 aliphatic carbocycles. The topological polar surface area (TPSA) is 340 Å². The van der Waals surface area contributed by atoms with E-state index in [1.807, 2.05) is 13.0 Å². The number of allylic oxidation sites excluding steroid dienone is 12. The van der Waals surface area contributed by atoms with Crippen LogP contribution in [-0.4, -0.2) is 171 Å². The third-order valence-corrected chi connectivity index (χ3v) is 11.7. The highest BCUT2D eigenvalue weighted by atomic mass is 16.7. The van der Waals surface area contributed by atoms with Crippen molar-refractivity contribution in [3.63, 3.8) is 0 Å². The average Bonchev–Trinajstić information content (AvgIpc) is 3.21. The van der Waals surface area contributed by atoms with Crippen LogP contribution in [0.1, 0.15) is 72.1 Å². The van der Waals surface area contributed by atoms with E-state index in [-0.39, 0.29) is 25.2 Å². The van der Waals surface area contributed by atoms with Crippen LogP contribution in [0.25, 0.3) is 0 Å². The number of nitrogens with two attached hydrogens (primary N) is 1. The molecule has 2 bridgehead atoms. The Labute approximate surface area is 379 Å². The molecule has 0 aromatic carbocycles. The predicted molar refractivity (Wildman–Crippen MR) is 234 cm³/mol. The van der Waals surface area contributed by atoms with Gasteiger partial charge >= 0.3 is 11.9 Å². The van der Waals surface area contributed by atoms with Crippen molar-refractivity contribution < 1.29 is 89.8 Å². The maximum absolute atomic E-state index is 12.6. The second-order valence-electron chi connectivity index (χ2n) is 17.2. The molecule has 65 heavy (non-hydrogen) atoms. The van der Waals surface area contributed by atoms with Gasteiger partial charge in [0.15, 0.2) is 12.1 Å². The lowest BCUT2D eigenvalue weighted by atomic mass is 9.82. The van der Waals surface area contributed by atoms with Gasteiger partial charge < -0.3 is 86.0 Å². The van der Waals surface area contributed by atoms with Crippen LogP contribution in [0, 0.1) is 17.8 Å². The van der Waals surface area contributed by atoms with Gasteiger partial charge in [-0.3, -0.25) is 9.59 Å². The van der Waals surface area contributed by atoms with Crippen LogP contribution in [0.4, 0.5) is 0 Å². The number of hydrogen-bond donors (Lipinski definition) is 13. The fourth-order valence-electron chi connectivity index (χ4n) is 7.77. The van der Waals surface area contributed by atoms with E-state index in [2.05, 4.69) is 0 Å². The zero-order valence-corrected chi connectivity index (χ0v) is 37.0. The molecule has 2 fully saturated rings. The first-order chi connectivity index (χ1) is 30.6. The minimum atomic E-state index is -2.37. The molecule has 0 spiro atoms. The molecule has 0 saturated carbocycles.